The Bertz CT molecular complexity index is 467. The summed E-state index contributed by atoms with van der Waals surface area (Å²) in [6, 6.07) is 3.67. The first-order valence-corrected chi connectivity index (χ1v) is 4.87. The number of carbonyl (C=O) groups excluding carboxylic acids is 1. The molecule has 6 nitrogen and oxygen atoms in total. The number of nitro benzene ring substituents is 1. The zero-order valence-corrected chi connectivity index (χ0v) is 9.12. The van der Waals surface area contributed by atoms with Crippen LogP contribution in [0.1, 0.15) is 12.5 Å². The summed E-state index contributed by atoms with van der Waals surface area (Å²) in [5.41, 5.74) is -0.0496. The van der Waals surface area contributed by atoms with Crippen LogP contribution in [0, 0.1) is 10.1 Å². The molecular formula is C11H11NO5. The van der Waals surface area contributed by atoms with E-state index in [-0.39, 0.29) is 23.6 Å². The van der Waals surface area contributed by atoms with Gasteiger partial charge in [0.05, 0.1) is 23.2 Å². The molecule has 0 heterocycles. The molecule has 0 atom stereocenters. The molecule has 17 heavy (non-hydrogen) atoms. The number of aromatic hydroxyl groups is 1. The Morgan fingerprint density at radius 3 is 2.88 bits per heavy atom. The van der Waals surface area contributed by atoms with Crippen LogP contribution in [0.25, 0.3) is 6.08 Å². The van der Waals surface area contributed by atoms with Gasteiger partial charge in [0.2, 0.25) is 0 Å². The maximum atomic E-state index is 11.0. The Labute approximate surface area is 97.3 Å². The Hall–Kier alpha value is -2.37. The number of hydrogen-bond acceptors (Lipinski definition) is 5. The lowest BCUT2D eigenvalue weighted by molar-refractivity contribution is -0.385. The first-order valence-electron chi connectivity index (χ1n) is 4.87. The van der Waals surface area contributed by atoms with E-state index in [0.717, 1.165) is 12.1 Å². The average molecular weight is 237 g/mol. The molecule has 0 radical (unpaired) electrons. The van der Waals surface area contributed by atoms with Crippen LogP contribution in [0.3, 0.4) is 0 Å². The van der Waals surface area contributed by atoms with Crippen LogP contribution in [-0.4, -0.2) is 22.6 Å². The summed E-state index contributed by atoms with van der Waals surface area (Å²) in [6.45, 7) is 1.90. The number of benzene rings is 1. The fourth-order valence-corrected chi connectivity index (χ4v) is 1.18. The predicted octanol–water partition coefficient (Wildman–Crippen LogP) is 1.88. The smallest absolute Gasteiger partial charge is 0.330 e. The zero-order valence-electron chi connectivity index (χ0n) is 9.12. The van der Waals surface area contributed by atoms with Gasteiger partial charge in [0.25, 0.3) is 5.69 Å². The minimum Gasteiger partial charge on any atom is -0.508 e. The third kappa shape index (κ3) is 3.60. The minimum absolute atomic E-state index is 0.204. The van der Waals surface area contributed by atoms with Crippen LogP contribution < -0.4 is 0 Å². The molecule has 6 heteroatoms. The summed E-state index contributed by atoms with van der Waals surface area (Å²) in [7, 11) is 0. The number of rotatable bonds is 4. The molecule has 0 aliphatic carbocycles. The van der Waals surface area contributed by atoms with Gasteiger partial charge in [0.1, 0.15) is 5.75 Å². The van der Waals surface area contributed by atoms with E-state index >= 15 is 0 Å². The van der Waals surface area contributed by atoms with Gasteiger partial charge in [-0.15, -0.1) is 0 Å². The highest BCUT2D eigenvalue weighted by Crippen LogP contribution is 2.24. The molecule has 0 bridgehead atoms. The van der Waals surface area contributed by atoms with E-state index in [4.69, 9.17) is 5.11 Å². The molecule has 0 unspecified atom stereocenters. The number of nitro groups is 1. The Morgan fingerprint density at radius 2 is 2.29 bits per heavy atom. The molecule has 1 aromatic carbocycles. The largest absolute Gasteiger partial charge is 0.508 e. The predicted molar refractivity (Wildman–Crippen MR) is 60.4 cm³/mol. The van der Waals surface area contributed by atoms with Gasteiger partial charge in [-0.25, -0.2) is 4.79 Å². The number of phenolic OH excluding ortho intramolecular Hbond substituents is 1. The fraction of sp³-hybridized carbons (Fsp3) is 0.182. The number of ether oxygens (including phenoxy) is 1. The number of esters is 1. The van der Waals surface area contributed by atoms with Crippen LogP contribution in [0.4, 0.5) is 5.69 Å². The van der Waals surface area contributed by atoms with Gasteiger partial charge >= 0.3 is 5.97 Å². The summed E-state index contributed by atoms with van der Waals surface area (Å²) in [4.78, 5) is 21.1. The first kappa shape index (κ1) is 12.7. The summed E-state index contributed by atoms with van der Waals surface area (Å²) in [6.07, 6.45) is 2.37. The lowest BCUT2D eigenvalue weighted by atomic mass is 10.1. The second-order valence-electron chi connectivity index (χ2n) is 3.09. The Balaban J connectivity index is 2.98. The summed E-state index contributed by atoms with van der Waals surface area (Å²) in [5.74, 6) is -0.778. The van der Waals surface area contributed by atoms with Crippen molar-refractivity contribution in [1.29, 1.82) is 0 Å². The van der Waals surface area contributed by atoms with Gasteiger partial charge in [-0.05, 0) is 25.1 Å². The highest BCUT2D eigenvalue weighted by atomic mass is 16.6. The van der Waals surface area contributed by atoms with Crippen LogP contribution in [0.5, 0.6) is 5.75 Å². The van der Waals surface area contributed by atoms with Crippen molar-refractivity contribution in [3.05, 3.63) is 40.0 Å². The Kier molecular flexibility index (Phi) is 4.21. The van der Waals surface area contributed by atoms with Crippen molar-refractivity contribution < 1.29 is 19.6 Å². The second kappa shape index (κ2) is 5.64. The van der Waals surface area contributed by atoms with Crippen LogP contribution in [-0.2, 0) is 9.53 Å². The van der Waals surface area contributed by atoms with Gasteiger partial charge in [-0.1, -0.05) is 0 Å². The van der Waals surface area contributed by atoms with Gasteiger partial charge in [-0.2, -0.15) is 0 Å². The SMILES string of the molecule is CCOC(=O)C=Cc1ccc(O)cc1[N+](=O)[O-]. The average Bonchev–Trinajstić information content (AvgIpc) is 2.27. The number of nitrogens with zero attached hydrogens (tertiary/aromatic N) is 1. The van der Waals surface area contributed by atoms with Crippen molar-refractivity contribution in [3.8, 4) is 5.75 Å². The molecule has 0 aromatic heterocycles. The molecule has 1 rings (SSSR count). The maximum Gasteiger partial charge on any atom is 0.330 e. The normalized spacial score (nSPS) is 10.4. The molecule has 90 valence electrons. The maximum absolute atomic E-state index is 11.0. The molecular weight excluding hydrogens is 226 g/mol. The molecule has 0 aliphatic rings. The topological polar surface area (TPSA) is 89.7 Å². The highest BCUT2D eigenvalue weighted by molar-refractivity contribution is 5.88. The number of hydrogen-bond donors (Lipinski definition) is 1. The first-order chi connectivity index (χ1) is 8.04. The van der Waals surface area contributed by atoms with Crippen molar-refractivity contribution in [3.63, 3.8) is 0 Å². The monoisotopic (exact) mass is 237 g/mol. The summed E-state index contributed by atoms with van der Waals surface area (Å²) in [5, 5.41) is 19.8. The lowest BCUT2D eigenvalue weighted by Crippen LogP contribution is -1.99. The van der Waals surface area contributed by atoms with Crippen molar-refractivity contribution >= 4 is 17.7 Å². The van der Waals surface area contributed by atoms with Crippen LogP contribution >= 0.6 is 0 Å². The van der Waals surface area contributed by atoms with Gasteiger partial charge < -0.3 is 9.84 Å². The Morgan fingerprint density at radius 1 is 1.59 bits per heavy atom. The van der Waals surface area contributed by atoms with Crippen molar-refractivity contribution in [2.45, 2.75) is 6.92 Å². The standard InChI is InChI=1S/C11H11NO5/c1-2-17-11(14)6-4-8-3-5-9(13)7-10(8)12(15)16/h3-7,13H,2H2,1H3. The summed E-state index contributed by atoms with van der Waals surface area (Å²) < 4.78 is 4.64. The fourth-order valence-electron chi connectivity index (χ4n) is 1.18. The number of phenols is 1. The van der Waals surface area contributed by atoms with E-state index in [2.05, 4.69) is 4.74 Å². The van der Waals surface area contributed by atoms with Gasteiger partial charge in [-0.3, -0.25) is 10.1 Å². The third-order valence-corrected chi connectivity index (χ3v) is 1.90. The van der Waals surface area contributed by atoms with E-state index in [1.807, 2.05) is 0 Å². The zero-order chi connectivity index (χ0) is 12.8. The van der Waals surface area contributed by atoms with Crippen LogP contribution in [0.2, 0.25) is 0 Å². The molecule has 0 saturated heterocycles. The van der Waals surface area contributed by atoms with Crippen molar-refractivity contribution in [2.24, 2.45) is 0 Å². The van der Waals surface area contributed by atoms with E-state index in [1.165, 1.54) is 18.2 Å². The van der Waals surface area contributed by atoms with E-state index in [0.29, 0.717) is 0 Å². The molecule has 0 aliphatic heterocycles. The van der Waals surface area contributed by atoms with E-state index in [1.54, 1.807) is 6.92 Å². The molecule has 0 fully saturated rings. The van der Waals surface area contributed by atoms with Crippen molar-refractivity contribution in [2.75, 3.05) is 6.61 Å². The van der Waals surface area contributed by atoms with Crippen molar-refractivity contribution in [1.82, 2.24) is 0 Å². The molecule has 0 spiro atoms. The van der Waals surface area contributed by atoms with Gasteiger partial charge in [0, 0.05) is 6.08 Å². The highest BCUT2D eigenvalue weighted by Gasteiger charge is 2.12. The van der Waals surface area contributed by atoms with E-state index < -0.39 is 10.9 Å². The third-order valence-electron chi connectivity index (χ3n) is 1.90. The molecule has 0 amide bonds. The summed E-state index contributed by atoms with van der Waals surface area (Å²) >= 11 is 0. The molecule has 0 saturated carbocycles. The minimum atomic E-state index is -0.634. The molecule has 1 aromatic rings. The van der Waals surface area contributed by atoms with E-state index in [9.17, 15) is 14.9 Å². The number of carbonyl (C=O) groups is 1. The quantitative estimate of drug-likeness (QED) is 0.373. The van der Waals surface area contributed by atoms with Crippen LogP contribution in [0.15, 0.2) is 24.3 Å². The lowest BCUT2D eigenvalue weighted by Gasteiger charge is -1.98. The van der Waals surface area contributed by atoms with Gasteiger partial charge in [0.15, 0.2) is 0 Å². The second-order valence-corrected chi connectivity index (χ2v) is 3.09. The molecule has 1 N–H and O–H groups in total.